The lowest BCUT2D eigenvalue weighted by molar-refractivity contribution is 0.245. The Kier molecular flexibility index (Phi) is 3.41. The minimum absolute atomic E-state index is 0.235. The van der Waals surface area contributed by atoms with Crippen LogP contribution in [0.15, 0.2) is 18.2 Å². The average Bonchev–Trinajstić information content (AvgIpc) is 2.97. The van der Waals surface area contributed by atoms with Gasteiger partial charge in [-0.1, -0.05) is 13.0 Å². The van der Waals surface area contributed by atoms with Crippen molar-refractivity contribution in [2.45, 2.75) is 32.4 Å². The number of aromatic nitrogens is 2. The molecule has 1 aromatic heterocycles. The van der Waals surface area contributed by atoms with Crippen LogP contribution >= 0.6 is 12.2 Å². The summed E-state index contributed by atoms with van der Waals surface area (Å²) in [7, 11) is 0. The predicted molar refractivity (Wildman–Crippen MR) is 77.3 cm³/mol. The van der Waals surface area contributed by atoms with Gasteiger partial charge in [0.2, 0.25) is 0 Å². The molecule has 0 amide bonds. The molecule has 1 aromatic carbocycles. The van der Waals surface area contributed by atoms with Crippen LogP contribution in [0.3, 0.4) is 0 Å². The molecule has 1 fully saturated rings. The molecule has 1 aliphatic heterocycles. The molecule has 0 saturated carbocycles. The fraction of sp³-hybridized carbons (Fsp3) is 0.500. The van der Waals surface area contributed by atoms with E-state index in [0.29, 0.717) is 16.3 Å². The van der Waals surface area contributed by atoms with Crippen LogP contribution in [0.5, 0.6) is 0 Å². The van der Waals surface area contributed by atoms with Crippen LogP contribution in [0, 0.1) is 10.6 Å². The Morgan fingerprint density at radius 3 is 3.11 bits per heavy atom. The monoisotopic (exact) mass is 279 g/mol. The number of likely N-dealkylation sites (N-methyl/N-ethyl adjacent to an activating group) is 1. The molecule has 0 bridgehead atoms. The van der Waals surface area contributed by atoms with Crippen molar-refractivity contribution in [2.75, 3.05) is 13.1 Å². The number of likely N-dealkylation sites (tertiary alicyclic amines) is 1. The van der Waals surface area contributed by atoms with Crippen LogP contribution in [0.2, 0.25) is 0 Å². The van der Waals surface area contributed by atoms with Gasteiger partial charge in [0.15, 0.2) is 4.77 Å². The Bertz CT molecular complexity index is 646. The molecule has 0 aliphatic carbocycles. The second kappa shape index (κ2) is 5.06. The topological polar surface area (TPSA) is 24.0 Å². The maximum absolute atomic E-state index is 13.7. The first kappa shape index (κ1) is 12.8. The molecule has 1 saturated heterocycles. The predicted octanol–water partition coefficient (Wildman–Crippen LogP) is 3.32. The van der Waals surface area contributed by atoms with Gasteiger partial charge in [-0.3, -0.25) is 4.90 Å². The average molecular weight is 279 g/mol. The van der Waals surface area contributed by atoms with Crippen LogP contribution in [-0.2, 0) is 6.54 Å². The summed E-state index contributed by atoms with van der Waals surface area (Å²) in [5, 5.41) is 0. The minimum Gasteiger partial charge on any atom is -0.328 e. The molecule has 5 heteroatoms. The number of hydrogen-bond acceptors (Lipinski definition) is 2. The summed E-state index contributed by atoms with van der Waals surface area (Å²) in [4.78, 5) is 5.46. The molecule has 1 aliphatic rings. The van der Waals surface area contributed by atoms with Crippen molar-refractivity contribution >= 4 is 23.3 Å². The van der Waals surface area contributed by atoms with Gasteiger partial charge in [-0.15, -0.1) is 0 Å². The third-order valence-corrected chi connectivity index (χ3v) is 4.38. The van der Waals surface area contributed by atoms with E-state index < -0.39 is 0 Å². The van der Waals surface area contributed by atoms with Gasteiger partial charge in [0.1, 0.15) is 11.3 Å². The summed E-state index contributed by atoms with van der Waals surface area (Å²) in [6.45, 7) is 5.25. The van der Waals surface area contributed by atoms with E-state index in [1.807, 2.05) is 10.6 Å². The largest absolute Gasteiger partial charge is 0.328 e. The highest BCUT2D eigenvalue weighted by Crippen LogP contribution is 2.22. The number of fused-ring (bicyclic) bond motifs is 1. The van der Waals surface area contributed by atoms with Gasteiger partial charge in [0, 0.05) is 12.6 Å². The zero-order valence-electron chi connectivity index (χ0n) is 11.0. The lowest BCUT2D eigenvalue weighted by Gasteiger charge is -2.23. The zero-order valence-corrected chi connectivity index (χ0v) is 11.8. The first-order chi connectivity index (χ1) is 9.20. The second-order valence-electron chi connectivity index (χ2n) is 5.10. The molecule has 3 nitrogen and oxygen atoms in total. The minimum atomic E-state index is -0.235. The lowest BCUT2D eigenvalue weighted by atomic mass is 10.2. The highest BCUT2D eigenvalue weighted by Gasteiger charge is 2.24. The fourth-order valence-electron chi connectivity index (χ4n) is 3.06. The van der Waals surface area contributed by atoms with Crippen molar-refractivity contribution in [3.8, 4) is 0 Å². The summed E-state index contributed by atoms with van der Waals surface area (Å²) in [6, 6.07) is 5.64. The molecular weight excluding hydrogens is 261 g/mol. The van der Waals surface area contributed by atoms with Gasteiger partial charge < -0.3 is 9.55 Å². The summed E-state index contributed by atoms with van der Waals surface area (Å²) in [6.07, 6.45) is 2.43. The smallest absolute Gasteiger partial charge is 0.178 e. The standard InChI is InChI=1S/C14H18FN3S/c1-2-17-8-4-5-10(17)9-18-12-7-3-6-11(15)13(12)16-14(18)19/h3,6-7,10H,2,4-5,8-9H2,1H3,(H,16,19). The second-order valence-corrected chi connectivity index (χ2v) is 5.49. The number of nitrogens with one attached hydrogen (secondary N) is 1. The van der Waals surface area contributed by atoms with Gasteiger partial charge in [0.25, 0.3) is 0 Å². The van der Waals surface area contributed by atoms with Crippen molar-refractivity contribution in [3.05, 3.63) is 28.8 Å². The maximum Gasteiger partial charge on any atom is 0.178 e. The van der Waals surface area contributed by atoms with Crippen LogP contribution < -0.4 is 0 Å². The van der Waals surface area contributed by atoms with E-state index in [1.165, 1.54) is 18.9 Å². The number of benzene rings is 1. The molecule has 3 rings (SSSR count). The summed E-state index contributed by atoms with van der Waals surface area (Å²) in [5.74, 6) is -0.235. The molecular formula is C14H18FN3S. The first-order valence-electron chi connectivity index (χ1n) is 6.81. The van der Waals surface area contributed by atoms with E-state index in [1.54, 1.807) is 6.07 Å². The Morgan fingerprint density at radius 2 is 2.32 bits per heavy atom. The van der Waals surface area contributed by atoms with E-state index in [-0.39, 0.29) is 5.82 Å². The molecule has 1 atom stereocenters. The van der Waals surface area contributed by atoms with Crippen molar-refractivity contribution in [1.82, 2.24) is 14.5 Å². The molecule has 102 valence electrons. The Morgan fingerprint density at radius 1 is 1.47 bits per heavy atom. The molecule has 1 N–H and O–H groups in total. The number of nitrogens with zero attached hydrogens (tertiary/aromatic N) is 2. The van der Waals surface area contributed by atoms with Crippen LogP contribution in [-0.4, -0.2) is 33.6 Å². The number of imidazole rings is 1. The van der Waals surface area contributed by atoms with Crippen LogP contribution in [0.25, 0.3) is 11.0 Å². The van der Waals surface area contributed by atoms with Crippen molar-refractivity contribution < 1.29 is 4.39 Å². The van der Waals surface area contributed by atoms with Gasteiger partial charge in [0.05, 0.1) is 5.52 Å². The lowest BCUT2D eigenvalue weighted by Crippen LogP contribution is -2.32. The van der Waals surface area contributed by atoms with E-state index >= 15 is 0 Å². The number of H-pyrrole nitrogens is 1. The number of rotatable bonds is 3. The third kappa shape index (κ3) is 2.21. The van der Waals surface area contributed by atoms with Gasteiger partial charge >= 0.3 is 0 Å². The van der Waals surface area contributed by atoms with Crippen LogP contribution in [0.1, 0.15) is 19.8 Å². The Labute approximate surface area is 117 Å². The molecule has 0 radical (unpaired) electrons. The maximum atomic E-state index is 13.7. The highest BCUT2D eigenvalue weighted by atomic mass is 32.1. The van der Waals surface area contributed by atoms with Crippen molar-refractivity contribution in [3.63, 3.8) is 0 Å². The normalized spacial score (nSPS) is 20.4. The number of aromatic amines is 1. The van der Waals surface area contributed by atoms with Gasteiger partial charge in [-0.25, -0.2) is 4.39 Å². The summed E-state index contributed by atoms with van der Waals surface area (Å²) < 4.78 is 16.4. The van der Waals surface area contributed by atoms with Crippen LogP contribution in [0.4, 0.5) is 4.39 Å². The molecule has 19 heavy (non-hydrogen) atoms. The van der Waals surface area contributed by atoms with E-state index in [4.69, 9.17) is 12.2 Å². The molecule has 0 spiro atoms. The molecule has 2 aromatic rings. The summed E-state index contributed by atoms with van der Waals surface area (Å²) in [5.41, 5.74) is 1.39. The van der Waals surface area contributed by atoms with E-state index in [2.05, 4.69) is 16.8 Å². The molecule has 2 heterocycles. The SMILES string of the molecule is CCN1CCCC1Cn1c(=S)[nH]c2c(F)cccc21. The molecule has 1 unspecified atom stereocenters. The zero-order chi connectivity index (χ0) is 13.4. The first-order valence-corrected chi connectivity index (χ1v) is 7.22. The van der Waals surface area contributed by atoms with Gasteiger partial charge in [-0.05, 0) is 50.3 Å². The highest BCUT2D eigenvalue weighted by molar-refractivity contribution is 7.71. The Hall–Kier alpha value is -1.20. The quantitative estimate of drug-likeness (QED) is 0.871. The van der Waals surface area contributed by atoms with E-state index in [0.717, 1.165) is 25.2 Å². The van der Waals surface area contributed by atoms with Crippen molar-refractivity contribution in [2.24, 2.45) is 0 Å². The third-order valence-electron chi connectivity index (χ3n) is 4.06. The number of halogens is 1. The van der Waals surface area contributed by atoms with Crippen molar-refractivity contribution in [1.29, 1.82) is 0 Å². The number of para-hydroxylation sites is 1. The summed E-state index contributed by atoms with van der Waals surface area (Å²) >= 11 is 5.34. The van der Waals surface area contributed by atoms with Gasteiger partial charge in [-0.2, -0.15) is 0 Å². The number of hydrogen-bond donors (Lipinski definition) is 1. The fourth-order valence-corrected chi connectivity index (χ4v) is 3.33. The van der Waals surface area contributed by atoms with E-state index in [9.17, 15) is 4.39 Å². The Balaban J connectivity index is 1.99.